The highest BCUT2D eigenvalue weighted by Gasteiger charge is 2.22. The summed E-state index contributed by atoms with van der Waals surface area (Å²) in [6, 6.07) is 1.31. The minimum absolute atomic E-state index is 0.000980. The highest BCUT2D eigenvalue weighted by Crippen LogP contribution is 2.16. The largest absolute Gasteiger partial charge is 0.593 e. The number of hydrogen-bond acceptors (Lipinski definition) is 6. The number of halogens is 1. The standard InChI is InChI=1S/C10H11ClN2O5/c1-3-18-10(15)7(14)4-6-5-8(17-2)12-13(16)9(6)11/h5H,3-4H2,1-2H3. The fraction of sp³-hybridized carbons (Fsp3) is 0.400. The average Bonchev–Trinajstić information content (AvgIpc) is 2.34. The van der Waals surface area contributed by atoms with Crippen molar-refractivity contribution in [1.82, 2.24) is 5.10 Å². The molecule has 0 saturated heterocycles. The number of aromatic nitrogens is 2. The van der Waals surface area contributed by atoms with Gasteiger partial charge in [0.05, 0.1) is 30.8 Å². The molecule has 0 N–H and O–H groups in total. The Morgan fingerprint density at radius 1 is 1.56 bits per heavy atom. The van der Waals surface area contributed by atoms with E-state index >= 15 is 0 Å². The summed E-state index contributed by atoms with van der Waals surface area (Å²) >= 11 is 5.68. The van der Waals surface area contributed by atoms with Gasteiger partial charge in [-0.3, -0.25) is 4.79 Å². The van der Waals surface area contributed by atoms with Gasteiger partial charge >= 0.3 is 11.1 Å². The summed E-state index contributed by atoms with van der Waals surface area (Å²) in [6.45, 7) is 1.68. The maximum atomic E-state index is 11.5. The summed E-state index contributed by atoms with van der Waals surface area (Å²) in [5, 5.41) is 14.4. The number of methoxy groups -OCH3 is 1. The van der Waals surface area contributed by atoms with E-state index in [0.717, 1.165) is 0 Å². The minimum atomic E-state index is -0.971. The van der Waals surface area contributed by atoms with E-state index in [1.807, 2.05) is 0 Å². The monoisotopic (exact) mass is 274 g/mol. The maximum Gasteiger partial charge on any atom is 0.374 e. The molecule has 0 atom stereocenters. The van der Waals surface area contributed by atoms with Gasteiger partial charge in [0, 0.05) is 6.07 Å². The Bertz CT molecular complexity index is 478. The van der Waals surface area contributed by atoms with Crippen molar-refractivity contribution in [2.45, 2.75) is 13.3 Å². The van der Waals surface area contributed by atoms with E-state index < -0.39 is 11.8 Å². The van der Waals surface area contributed by atoms with E-state index in [1.165, 1.54) is 13.2 Å². The average molecular weight is 275 g/mol. The van der Waals surface area contributed by atoms with Crippen molar-refractivity contribution in [3.63, 3.8) is 0 Å². The van der Waals surface area contributed by atoms with Gasteiger partial charge < -0.3 is 14.7 Å². The summed E-state index contributed by atoms with van der Waals surface area (Å²) in [5.74, 6) is -1.77. The Balaban J connectivity index is 2.93. The van der Waals surface area contributed by atoms with E-state index in [2.05, 4.69) is 9.84 Å². The summed E-state index contributed by atoms with van der Waals surface area (Å²) in [5.41, 5.74) is 0.150. The maximum absolute atomic E-state index is 11.5. The lowest BCUT2D eigenvalue weighted by Crippen LogP contribution is -2.34. The number of ketones is 1. The topological polar surface area (TPSA) is 92.4 Å². The van der Waals surface area contributed by atoms with Crippen molar-refractivity contribution < 1.29 is 23.9 Å². The molecule has 0 saturated carbocycles. The third-order valence-electron chi connectivity index (χ3n) is 1.98. The zero-order valence-electron chi connectivity index (χ0n) is 9.81. The lowest BCUT2D eigenvalue weighted by Gasteiger charge is -2.05. The second-order valence-electron chi connectivity index (χ2n) is 3.20. The second kappa shape index (κ2) is 6.15. The van der Waals surface area contributed by atoms with Gasteiger partial charge in [-0.25, -0.2) is 4.79 Å². The predicted molar refractivity (Wildman–Crippen MR) is 60.1 cm³/mol. The molecule has 1 heterocycles. The SMILES string of the molecule is CCOC(=O)C(=O)Cc1cc(OC)n[n+]([O-])c1Cl. The molecule has 0 aliphatic rings. The summed E-state index contributed by atoms with van der Waals surface area (Å²) in [6.07, 6.45) is -0.348. The van der Waals surface area contributed by atoms with Crippen LogP contribution in [0.2, 0.25) is 5.15 Å². The molecule has 0 amide bonds. The fourth-order valence-electron chi connectivity index (χ4n) is 1.17. The Labute approximate surface area is 108 Å². The number of rotatable bonds is 5. The fourth-order valence-corrected chi connectivity index (χ4v) is 1.33. The molecule has 1 aromatic rings. The molecule has 0 aliphatic heterocycles. The molecule has 7 nitrogen and oxygen atoms in total. The molecule has 1 rings (SSSR count). The molecule has 0 fully saturated rings. The highest BCUT2D eigenvalue weighted by molar-refractivity contribution is 6.35. The van der Waals surface area contributed by atoms with Crippen molar-refractivity contribution in [3.05, 3.63) is 22.0 Å². The molecule has 98 valence electrons. The zero-order valence-corrected chi connectivity index (χ0v) is 10.6. The number of nitrogens with zero attached hydrogens (tertiary/aromatic N) is 2. The number of Topliss-reactive ketones (excluding diaryl/α,β-unsaturated/α-hetero) is 1. The van der Waals surface area contributed by atoms with Gasteiger partial charge in [0.25, 0.3) is 5.88 Å². The Morgan fingerprint density at radius 2 is 2.22 bits per heavy atom. The lowest BCUT2D eigenvalue weighted by atomic mass is 10.1. The van der Waals surface area contributed by atoms with Crippen LogP contribution in [0, 0.1) is 5.21 Å². The number of ether oxygens (including phenoxy) is 2. The van der Waals surface area contributed by atoms with Crippen LogP contribution in [0.4, 0.5) is 0 Å². The van der Waals surface area contributed by atoms with Gasteiger partial charge in [0.15, 0.2) is 0 Å². The van der Waals surface area contributed by atoms with Crippen LogP contribution in [0.25, 0.3) is 0 Å². The van der Waals surface area contributed by atoms with E-state index in [1.54, 1.807) is 6.92 Å². The second-order valence-corrected chi connectivity index (χ2v) is 3.55. The lowest BCUT2D eigenvalue weighted by molar-refractivity contribution is -0.667. The van der Waals surface area contributed by atoms with E-state index in [-0.39, 0.29) is 34.5 Å². The molecule has 0 spiro atoms. The molecule has 0 aromatic carbocycles. The van der Waals surface area contributed by atoms with Gasteiger partial charge in [-0.05, 0) is 23.4 Å². The van der Waals surface area contributed by atoms with Crippen LogP contribution in [0.15, 0.2) is 6.07 Å². The first kappa shape index (κ1) is 14.2. The molecule has 0 bridgehead atoms. The Kier molecular flexibility index (Phi) is 4.85. The van der Waals surface area contributed by atoms with Gasteiger partial charge in [-0.15, -0.1) is 0 Å². The van der Waals surface area contributed by atoms with E-state index in [0.29, 0.717) is 0 Å². The quantitative estimate of drug-likeness (QED) is 0.326. The molecule has 18 heavy (non-hydrogen) atoms. The third kappa shape index (κ3) is 3.30. The molecule has 0 unspecified atom stereocenters. The smallest absolute Gasteiger partial charge is 0.374 e. The molecule has 1 aromatic heterocycles. The third-order valence-corrected chi connectivity index (χ3v) is 2.37. The van der Waals surface area contributed by atoms with E-state index in [9.17, 15) is 14.8 Å². The Hall–Kier alpha value is -1.89. The van der Waals surface area contributed by atoms with Crippen LogP contribution in [-0.4, -0.2) is 30.6 Å². The van der Waals surface area contributed by atoms with E-state index in [4.69, 9.17) is 16.3 Å². The van der Waals surface area contributed by atoms with Crippen LogP contribution < -0.4 is 9.58 Å². The predicted octanol–water partition coefficient (Wildman–Crippen LogP) is 0.0517. The summed E-state index contributed by atoms with van der Waals surface area (Å²) < 4.78 is 9.30. The molecular weight excluding hydrogens is 264 g/mol. The van der Waals surface area contributed by atoms with Crippen molar-refractivity contribution in [2.24, 2.45) is 0 Å². The Morgan fingerprint density at radius 3 is 2.78 bits per heavy atom. The summed E-state index contributed by atoms with van der Waals surface area (Å²) in [4.78, 5) is 22.7. The van der Waals surface area contributed by atoms with Crippen molar-refractivity contribution >= 4 is 23.4 Å². The first-order valence-corrected chi connectivity index (χ1v) is 5.40. The van der Waals surface area contributed by atoms with Crippen LogP contribution in [0.1, 0.15) is 12.5 Å². The zero-order chi connectivity index (χ0) is 13.7. The summed E-state index contributed by atoms with van der Waals surface area (Å²) in [7, 11) is 1.31. The first-order valence-electron chi connectivity index (χ1n) is 5.02. The number of carbonyl (C=O) groups is 2. The molecular formula is C10H11ClN2O5. The van der Waals surface area contributed by atoms with Gasteiger partial charge in [0.2, 0.25) is 5.78 Å². The van der Waals surface area contributed by atoms with Gasteiger partial charge in [-0.2, -0.15) is 0 Å². The van der Waals surface area contributed by atoms with Gasteiger partial charge in [-0.1, -0.05) is 0 Å². The molecule has 8 heteroatoms. The van der Waals surface area contributed by atoms with Crippen molar-refractivity contribution in [3.8, 4) is 5.88 Å². The highest BCUT2D eigenvalue weighted by atomic mass is 35.5. The first-order chi connectivity index (χ1) is 8.49. The van der Waals surface area contributed by atoms with Crippen molar-refractivity contribution in [1.29, 1.82) is 0 Å². The number of esters is 1. The van der Waals surface area contributed by atoms with Crippen molar-refractivity contribution in [2.75, 3.05) is 13.7 Å². The number of carbonyl (C=O) groups excluding carboxylic acids is 2. The van der Waals surface area contributed by atoms with Crippen LogP contribution in [0.5, 0.6) is 5.88 Å². The molecule has 0 aliphatic carbocycles. The number of hydrogen-bond donors (Lipinski definition) is 0. The van der Waals surface area contributed by atoms with Gasteiger partial charge in [0.1, 0.15) is 0 Å². The minimum Gasteiger partial charge on any atom is -0.593 e. The van der Waals surface area contributed by atoms with Crippen LogP contribution >= 0.6 is 11.6 Å². The normalized spacial score (nSPS) is 9.94. The van der Waals surface area contributed by atoms with Crippen LogP contribution in [-0.2, 0) is 20.7 Å². The van der Waals surface area contributed by atoms with Crippen LogP contribution in [0.3, 0.4) is 0 Å². The molecule has 0 radical (unpaired) electrons.